The van der Waals surface area contributed by atoms with E-state index in [9.17, 15) is 28.2 Å². The molecule has 5 nitrogen and oxygen atoms in total. The van der Waals surface area contributed by atoms with Crippen molar-refractivity contribution >= 4 is 11.7 Å². The topological polar surface area (TPSA) is 92.8 Å². The van der Waals surface area contributed by atoms with E-state index >= 15 is 0 Å². The number of carbonyl (C=O) groups excluding carboxylic acids is 1. The van der Waals surface area contributed by atoms with Gasteiger partial charge in [0.25, 0.3) is 0 Å². The summed E-state index contributed by atoms with van der Waals surface area (Å²) in [6.07, 6.45) is -8.24. The molecule has 1 aromatic carbocycles. The van der Waals surface area contributed by atoms with Crippen LogP contribution in [0.4, 0.5) is 18.9 Å². The van der Waals surface area contributed by atoms with Gasteiger partial charge >= 0.3 is 12.1 Å². The lowest BCUT2D eigenvalue weighted by Crippen LogP contribution is -2.30. The number of hydrogen-bond donors (Lipinski definition) is 3. The minimum Gasteiger partial charge on any atom is -0.464 e. The Morgan fingerprint density at radius 1 is 1.40 bits per heavy atom. The summed E-state index contributed by atoms with van der Waals surface area (Å²) in [7, 11) is 0. The standard InChI is InChI=1S/C12H14F3NO4/c1-2-20-11(19)10(18)9(17)6-3-4-7(8(16)5-6)12(13,14)15/h3-5,9-10,17-18H,2,16H2,1H3. The molecule has 0 aliphatic heterocycles. The van der Waals surface area contributed by atoms with E-state index in [1.54, 1.807) is 0 Å². The van der Waals surface area contributed by atoms with Crippen LogP contribution in [0.25, 0.3) is 0 Å². The highest BCUT2D eigenvalue weighted by atomic mass is 19.4. The van der Waals surface area contributed by atoms with E-state index in [0.717, 1.165) is 12.1 Å². The molecule has 8 heteroatoms. The van der Waals surface area contributed by atoms with Crippen molar-refractivity contribution in [2.45, 2.75) is 25.3 Å². The molecule has 20 heavy (non-hydrogen) atoms. The Morgan fingerprint density at radius 2 is 2.00 bits per heavy atom. The zero-order chi connectivity index (χ0) is 15.5. The maximum atomic E-state index is 12.5. The van der Waals surface area contributed by atoms with Crippen molar-refractivity contribution in [3.63, 3.8) is 0 Å². The van der Waals surface area contributed by atoms with Crippen LogP contribution in [0.15, 0.2) is 18.2 Å². The zero-order valence-electron chi connectivity index (χ0n) is 10.5. The quantitative estimate of drug-likeness (QED) is 0.574. The van der Waals surface area contributed by atoms with Crippen LogP contribution in [0.5, 0.6) is 0 Å². The number of benzene rings is 1. The van der Waals surface area contributed by atoms with Gasteiger partial charge in [0.15, 0.2) is 6.10 Å². The molecule has 1 aromatic rings. The van der Waals surface area contributed by atoms with Crippen molar-refractivity contribution < 1.29 is 32.9 Å². The SMILES string of the molecule is CCOC(=O)C(O)C(O)c1ccc(C(F)(F)F)c(N)c1. The molecule has 0 heterocycles. The lowest BCUT2D eigenvalue weighted by Gasteiger charge is -2.18. The number of anilines is 1. The lowest BCUT2D eigenvalue weighted by atomic mass is 10.0. The Morgan fingerprint density at radius 3 is 2.45 bits per heavy atom. The normalized spacial score (nSPS) is 14.7. The summed E-state index contributed by atoms with van der Waals surface area (Å²) in [6, 6.07) is 2.47. The van der Waals surface area contributed by atoms with E-state index in [2.05, 4.69) is 4.74 Å². The van der Waals surface area contributed by atoms with Crippen molar-refractivity contribution in [3.8, 4) is 0 Å². The molecule has 0 bridgehead atoms. The summed E-state index contributed by atoms with van der Waals surface area (Å²) in [5.41, 5.74) is 3.47. The third-order valence-corrected chi connectivity index (χ3v) is 2.55. The van der Waals surface area contributed by atoms with Crippen LogP contribution < -0.4 is 5.73 Å². The van der Waals surface area contributed by atoms with Crippen LogP contribution in [0.2, 0.25) is 0 Å². The molecule has 0 aliphatic rings. The highest BCUT2D eigenvalue weighted by molar-refractivity contribution is 5.75. The first-order valence-electron chi connectivity index (χ1n) is 5.67. The second-order valence-electron chi connectivity index (χ2n) is 3.99. The molecular weight excluding hydrogens is 279 g/mol. The van der Waals surface area contributed by atoms with Gasteiger partial charge in [0, 0.05) is 5.69 Å². The van der Waals surface area contributed by atoms with E-state index in [4.69, 9.17) is 5.73 Å². The van der Waals surface area contributed by atoms with E-state index in [1.165, 1.54) is 6.92 Å². The fourth-order valence-electron chi connectivity index (χ4n) is 1.56. The van der Waals surface area contributed by atoms with Gasteiger partial charge < -0.3 is 20.7 Å². The third-order valence-electron chi connectivity index (χ3n) is 2.55. The highest BCUT2D eigenvalue weighted by Gasteiger charge is 2.34. The highest BCUT2D eigenvalue weighted by Crippen LogP contribution is 2.35. The molecule has 0 radical (unpaired) electrons. The molecule has 0 saturated carbocycles. The summed E-state index contributed by atoms with van der Waals surface area (Å²) in [5.74, 6) is -1.07. The minimum absolute atomic E-state index is 0.00222. The number of aliphatic hydroxyl groups is 2. The van der Waals surface area contributed by atoms with Gasteiger partial charge in [-0.15, -0.1) is 0 Å². The molecular formula is C12H14F3NO4. The molecule has 1 rings (SSSR count). The number of carbonyl (C=O) groups is 1. The van der Waals surface area contributed by atoms with Crippen LogP contribution in [0.3, 0.4) is 0 Å². The Labute approximate surface area is 112 Å². The van der Waals surface area contributed by atoms with Crippen LogP contribution >= 0.6 is 0 Å². The molecule has 2 atom stereocenters. The van der Waals surface area contributed by atoms with Crippen molar-refractivity contribution in [2.75, 3.05) is 12.3 Å². The summed E-state index contributed by atoms with van der Waals surface area (Å²) in [5, 5.41) is 19.2. The third kappa shape index (κ3) is 3.61. The van der Waals surface area contributed by atoms with Gasteiger partial charge in [-0.05, 0) is 24.6 Å². The first-order valence-corrected chi connectivity index (χ1v) is 5.67. The maximum absolute atomic E-state index is 12.5. The maximum Gasteiger partial charge on any atom is 0.418 e. The molecule has 0 spiro atoms. The second-order valence-corrected chi connectivity index (χ2v) is 3.99. The number of hydrogen-bond acceptors (Lipinski definition) is 5. The van der Waals surface area contributed by atoms with E-state index in [1.807, 2.05) is 0 Å². The predicted molar refractivity (Wildman–Crippen MR) is 63.5 cm³/mol. The average molecular weight is 293 g/mol. The van der Waals surface area contributed by atoms with E-state index in [-0.39, 0.29) is 12.2 Å². The van der Waals surface area contributed by atoms with Crippen molar-refractivity contribution in [3.05, 3.63) is 29.3 Å². The molecule has 0 fully saturated rings. The van der Waals surface area contributed by atoms with E-state index < -0.39 is 35.6 Å². The first-order chi connectivity index (χ1) is 9.18. The number of nitrogen functional groups attached to an aromatic ring is 1. The number of nitrogens with two attached hydrogens (primary N) is 1. The van der Waals surface area contributed by atoms with Crippen LogP contribution in [-0.2, 0) is 15.7 Å². The second kappa shape index (κ2) is 6.10. The number of alkyl halides is 3. The lowest BCUT2D eigenvalue weighted by molar-refractivity contribution is -0.159. The van der Waals surface area contributed by atoms with Gasteiger partial charge in [0.05, 0.1) is 12.2 Å². The Balaban J connectivity index is 2.98. The number of rotatable bonds is 4. The summed E-state index contributed by atoms with van der Waals surface area (Å²) in [4.78, 5) is 11.2. The Hall–Kier alpha value is -1.80. The summed E-state index contributed by atoms with van der Waals surface area (Å²) >= 11 is 0. The summed E-state index contributed by atoms with van der Waals surface area (Å²) < 4.78 is 42.0. The van der Waals surface area contributed by atoms with E-state index in [0.29, 0.717) is 6.07 Å². The van der Waals surface area contributed by atoms with Crippen LogP contribution in [-0.4, -0.2) is 28.9 Å². The largest absolute Gasteiger partial charge is 0.464 e. The van der Waals surface area contributed by atoms with Gasteiger partial charge in [-0.3, -0.25) is 0 Å². The molecule has 0 saturated heterocycles. The number of halogens is 3. The number of ether oxygens (including phenoxy) is 1. The summed E-state index contributed by atoms with van der Waals surface area (Å²) in [6.45, 7) is 1.50. The first kappa shape index (κ1) is 16.3. The fraction of sp³-hybridized carbons (Fsp3) is 0.417. The van der Waals surface area contributed by atoms with Gasteiger partial charge in [-0.25, -0.2) is 4.79 Å². The Kier molecular flexibility index (Phi) is 4.96. The minimum atomic E-state index is -4.62. The van der Waals surface area contributed by atoms with Gasteiger partial charge in [0.1, 0.15) is 6.10 Å². The van der Waals surface area contributed by atoms with Crippen molar-refractivity contribution in [2.24, 2.45) is 0 Å². The average Bonchev–Trinajstić information content (AvgIpc) is 2.35. The van der Waals surface area contributed by atoms with Crippen LogP contribution in [0.1, 0.15) is 24.2 Å². The zero-order valence-corrected chi connectivity index (χ0v) is 10.5. The monoisotopic (exact) mass is 293 g/mol. The van der Waals surface area contributed by atoms with Crippen molar-refractivity contribution in [1.29, 1.82) is 0 Å². The number of aliphatic hydroxyl groups excluding tert-OH is 2. The van der Waals surface area contributed by atoms with Gasteiger partial charge in [-0.1, -0.05) is 6.07 Å². The molecule has 2 unspecified atom stereocenters. The van der Waals surface area contributed by atoms with Crippen molar-refractivity contribution in [1.82, 2.24) is 0 Å². The molecule has 0 amide bonds. The predicted octanol–water partition coefficient (Wildman–Crippen LogP) is 1.25. The fourth-order valence-corrected chi connectivity index (χ4v) is 1.56. The molecule has 112 valence electrons. The molecule has 0 aliphatic carbocycles. The molecule has 0 aromatic heterocycles. The Bertz CT molecular complexity index is 490. The number of esters is 1. The van der Waals surface area contributed by atoms with Gasteiger partial charge in [0.2, 0.25) is 0 Å². The van der Waals surface area contributed by atoms with Crippen LogP contribution in [0, 0.1) is 0 Å². The van der Waals surface area contributed by atoms with Gasteiger partial charge in [-0.2, -0.15) is 13.2 Å². The molecule has 4 N–H and O–H groups in total. The smallest absolute Gasteiger partial charge is 0.418 e.